The second-order valence-corrected chi connectivity index (χ2v) is 6.43. The van der Waals surface area contributed by atoms with Crippen LogP contribution in [0, 0.1) is 25.2 Å². The first kappa shape index (κ1) is 15.0. The molecule has 1 aromatic rings. The fraction of sp³-hybridized carbons (Fsp3) is 0.571. The van der Waals surface area contributed by atoms with E-state index < -0.39 is 0 Å². The Labute approximate surface area is 123 Å². The molecule has 20 heavy (non-hydrogen) atoms. The van der Waals surface area contributed by atoms with Gasteiger partial charge in [0.25, 0.3) is 0 Å². The van der Waals surface area contributed by atoms with Crippen LogP contribution in [-0.4, -0.2) is 43.5 Å². The van der Waals surface area contributed by atoms with Crippen molar-refractivity contribution >= 4 is 22.2 Å². The first-order chi connectivity index (χ1) is 9.52. The third kappa shape index (κ3) is 3.18. The molecule has 2 heterocycles. The lowest BCUT2D eigenvalue weighted by molar-refractivity contribution is -0.117. The molecule has 1 saturated heterocycles. The van der Waals surface area contributed by atoms with Gasteiger partial charge < -0.3 is 10.6 Å². The van der Waals surface area contributed by atoms with E-state index in [0.29, 0.717) is 23.2 Å². The quantitative estimate of drug-likeness (QED) is 0.882. The lowest BCUT2D eigenvalue weighted by atomic mass is 10.2. The molecule has 5 nitrogen and oxygen atoms in total. The monoisotopic (exact) mass is 292 g/mol. The predicted molar refractivity (Wildman–Crippen MR) is 81.0 cm³/mol. The van der Waals surface area contributed by atoms with Gasteiger partial charge in [-0.05, 0) is 39.4 Å². The molecule has 0 saturated carbocycles. The lowest BCUT2D eigenvalue weighted by Gasteiger charge is -2.22. The molecule has 0 aliphatic carbocycles. The number of thiophene rings is 1. The predicted octanol–water partition coefficient (Wildman–Crippen LogP) is 1.47. The minimum Gasteiger partial charge on any atom is -0.315 e. The summed E-state index contributed by atoms with van der Waals surface area (Å²) in [5, 5.41) is 16.0. The second-order valence-electron chi connectivity index (χ2n) is 5.21. The first-order valence-corrected chi connectivity index (χ1v) is 7.55. The number of nitrogens with one attached hydrogen (secondary N) is 2. The van der Waals surface area contributed by atoms with E-state index >= 15 is 0 Å². The van der Waals surface area contributed by atoms with Crippen molar-refractivity contribution in [3.05, 3.63) is 16.0 Å². The molecule has 2 rings (SSSR count). The maximum absolute atomic E-state index is 12.1. The number of aryl methyl sites for hydroxylation is 1. The summed E-state index contributed by atoms with van der Waals surface area (Å²) in [5.41, 5.74) is 1.55. The number of nitriles is 1. The van der Waals surface area contributed by atoms with Crippen LogP contribution < -0.4 is 10.6 Å². The van der Waals surface area contributed by atoms with Crippen molar-refractivity contribution in [1.82, 2.24) is 10.2 Å². The molecule has 1 fully saturated rings. The highest BCUT2D eigenvalue weighted by molar-refractivity contribution is 7.16. The molecule has 108 valence electrons. The number of likely N-dealkylation sites (N-methyl/N-ethyl adjacent to an activating group) is 1. The minimum absolute atomic E-state index is 0.0582. The van der Waals surface area contributed by atoms with E-state index in [4.69, 9.17) is 5.26 Å². The number of carbonyl (C=O) groups is 1. The minimum atomic E-state index is -0.0582. The average molecular weight is 292 g/mol. The van der Waals surface area contributed by atoms with E-state index in [1.54, 1.807) is 0 Å². The van der Waals surface area contributed by atoms with Crippen molar-refractivity contribution in [2.75, 3.05) is 32.0 Å². The van der Waals surface area contributed by atoms with Crippen LogP contribution in [0.15, 0.2) is 0 Å². The molecule has 6 heteroatoms. The van der Waals surface area contributed by atoms with E-state index in [1.807, 2.05) is 20.9 Å². The van der Waals surface area contributed by atoms with Gasteiger partial charge in [-0.1, -0.05) is 0 Å². The lowest BCUT2D eigenvalue weighted by Crippen LogP contribution is -2.39. The smallest absolute Gasteiger partial charge is 0.239 e. The van der Waals surface area contributed by atoms with Gasteiger partial charge >= 0.3 is 0 Å². The molecular formula is C14H20N4OS. The fourth-order valence-corrected chi connectivity index (χ4v) is 3.41. The van der Waals surface area contributed by atoms with Gasteiger partial charge in [0.2, 0.25) is 5.91 Å². The van der Waals surface area contributed by atoms with E-state index in [2.05, 4.69) is 21.6 Å². The summed E-state index contributed by atoms with van der Waals surface area (Å²) in [4.78, 5) is 15.2. The van der Waals surface area contributed by atoms with Crippen LogP contribution in [0.2, 0.25) is 0 Å². The largest absolute Gasteiger partial charge is 0.315 e. The molecule has 0 aromatic carbocycles. The molecule has 1 unspecified atom stereocenters. The van der Waals surface area contributed by atoms with Gasteiger partial charge in [-0.25, -0.2) is 0 Å². The Balaban J connectivity index is 1.98. The van der Waals surface area contributed by atoms with Crippen LogP contribution in [0.3, 0.4) is 0 Å². The maximum Gasteiger partial charge on any atom is 0.239 e. The summed E-state index contributed by atoms with van der Waals surface area (Å²) in [6.45, 7) is 6.18. The van der Waals surface area contributed by atoms with Gasteiger partial charge in [-0.15, -0.1) is 11.3 Å². The molecule has 0 bridgehead atoms. The van der Waals surface area contributed by atoms with Crippen LogP contribution >= 0.6 is 11.3 Å². The first-order valence-electron chi connectivity index (χ1n) is 6.73. The molecule has 0 spiro atoms. The number of nitrogens with zero attached hydrogens (tertiary/aromatic N) is 2. The standard InChI is InChI=1S/C14H20N4OS/c1-9-10(2)20-14(12(9)6-15)17-13(19)8-18(3)11-4-5-16-7-11/h11,16H,4-5,7-8H2,1-3H3,(H,17,19). The van der Waals surface area contributed by atoms with Crippen LogP contribution in [0.25, 0.3) is 0 Å². The van der Waals surface area contributed by atoms with Gasteiger partial charge in [0.15, 0.2) is 0 Å². The Hall–Kier alpha value is -1.42. The SMILES string of the molecule is Cc1sc(NC(=O)CN(C)C2CCNC2)c(C#N)c1C. The maximum atomic E-state index is 12.1. The van der Waals surface area contributed by atoms with Crippen molar-refractivity contribution in [3.8, 4) is 6.07 Å². The third-order valence-corrected chi connectivity index (χ3v) is 4.92. The Kier molecular flexibility index (Phi) is 4.76. The summed E-state index contributed by atoms with van der Waals surface area (Å²) in [6, 6.07) is 2.59. The van der Waals surface area contributed by atoms with Crippen molar-refractivity contribution in [3.63, 3.8) is 0 Å². The summed E-state index contributed by atoms with van der Waals surface area (Å²) >= 11 is 1.47. The Morgan fingerprint density at radius 1 is 1.60 bits per heavy atom. The highest BCUT2D eigenvalue weighted by Gasteiger charge is 2.22. The van der Waals surface area contributed by atoms with E-state index in [1.165, 1.54) is 11.3 Å². The summed E-state index contributed by atoms with van der Waals surface area (Å²) in [5.74, 6) is -0.0582. The molecule has 2 N–H and O–H groups in total. The number of hydrogen-bond donors (Lipinski definition) is 2. The summed E-state index contributed by atoms with van der Waals surface area (Å²) in [6.07, 6.45) is 1.07. The highest BCUT2D eigenvalue weighted by atomic mass is 32.1. The van der Waals surface area contributed by atoms with Crippen molar-refractivity contribution < 1.29 is 4.79 Å². The topological polar surface area (TPSA) is 68.2 Å². The number of rotatable bonds is 4. The van der Waals surface area contributed by atoms with E-state index in [9.17, 15) is 4.79 Å². The molecule has 1 atom stereocenters. The molecule has 1 aromatic heterocycles. The third-order valence-electron chi connectivity index (χ3n) is 3.80. The van der Waals surface area contributed by atoms with Crippen LogP contribution in [0.1, 0.15) is 22.4 Å². The number of anilines is 1. The molecule has 1 amide bonds. The zero-order chi connectivity index (χ0) is 14.7. The van der Waals surface area contributed by atoms with Crippen molar-refractivity contribution in [1.29, 1.82) is 5.26 Å². The van der Waals surface area contributed by atoms with Gasteiger partial charge in [0, 0.05) is 17.5 Å². The normalized spacial score (nSPS) is 18.2. The van der Waals surface area contributed by atoms with Gasteiger partial charge in [0.1, 0.15) is 11.1 Å². The molecular weight excluding hydrogens is 272 g/mol. The molecule has 1 aliphatic rings. The van der Waals surface area contributed by atoms with Crippen molar-refractivity contribution in [2.45, 2.75) is 26.3 Å². The van der Waals surface area contributed by atoms with Crippen LogP contribution in [0.5, 0.6) is 0 Å². The van der Waals surface area contributed by atoms with Gasteiger partial charge in [-0.3, -0.25) is 9.69 Å². The number of carbonyl (C=O) groups excluding carboxylic acids is 1. The van der Waals surface area contributed by atoms with Gasteiger partial charge in [-0.2, -0.15) is 5.26 Å². The Bertz CT molecular complexity index is 540. The number of hydrogen-bond acceptors (Lipinski definition) is 5. The number of amides is 1. The van der Waals surface area contributed by atoms with Crippen LogP contribution in [-0.2, 0) is 4.79 Å². The zero-order valence-electron chi connectivity index (χ0n) is 12.1. The van der Waals surface area contributed by atoms with Gasteiger partial charge in [0.05, 0.1) is 12.1 Å². The summed E-state index contributed by atoms with van der Waals surface area (Å²) in [7, 11) is 1.97. The Morgan fingerprint density at radius 3 is 2.95 bits per heavy atom. The highest BCUT2D eigenvalue weighted by Crippen LogP contribution is 2.31. The average Bonchev–Trinajstić information content (AvgIpc) is 2.99. The zero-order valence-corrected chi connectivity index (χ0v) is 12.9. The second kappa shape index (κ2) is 6.35. The van der Waals surface area contributed by atoms with E-state index in [0.717, 1.165) is 30.0 Å². The molecule has 1 aliphatic heterocycles. The van der Waals surface area contributed by atoms with Crippen molar-refractivity contribution in [2.24, 2.45) is 0 Å². The van der Waals surface area contributed by atoms with Crippen LogP contribution in [0.4, 0.5) is 5.00 Å². The van der Waals surface area contributed by atoms with E-state index in [-0.39, 0.29) is 5.91 Å². The summed E-state index contributed by atoms with van der Waals surface area (Å²) < 4.78 is 0. The Morgan fingerprint density at radius 2 is 2.35 bits per heavy atom. The molecule has 0 radical (unpaired) electrons. The fourth-order valence-electron chi connectivity index (χ4n) is 2.39.